The number of hydrogen-bond donors (Lipinski definition) is 2. The molecule has 32 heavy (non-hydrogen) atoms. The van der Waals surface area contributed by atoms with E-state index in [1.165, 1.54) is 0 Å². The predicted octanol–water partition coefficient (Wildman–Crippen LogP) is 1.75. The van der Waals surface area contributed by atoms with Crippen LogP contribution in [-0.4, -0.2) is 54.7 Å². The van der Waals surface area contributed by atoms with Crippen LogP contribution < -0.4 is 11.1 Å². The number of esters is 3. The number of rotatable bonds is 10. The Morgan fingerprint density at radius 3 is 1.56 bits per heavy atom. The minimum atomic E-state index is -0.562. The second-order valence-corrected chi connectivity index (χ2v) is 9.37. The van der Waals surface area contributed by atoms with E-state index >= 15 is 0 Å². The molecule has 1 amide bonds. The fourth-order valence-electron chi connectivity index (χ4n) is 4.69. The summed E-state index contributed by atoms with van der Waals surface area (Å²) in [6.45, 7) is 6.36. The molecule has 3 N–H and O–H groups in total. The van der Waals surface area contributed by atoms with Gasteiger partial charge in [-0.25, -0.2) is 0 Å². The van der Waals surface area contributed by atoms with Crippen LogP contribution in [-0.2, 0) is 33.4 Å². The fourth-order valence-corrected chi connectivity index (χ4v) is 4.69. The van der Waals surface area contributed by atoms with Crippen molar-refractivity contribution in [1.29, 1.82) is 0 Å². The van der Waals surface area contributed by atoms with E-state index in [4.69, 9.17) is 19.9 Å². The third-order valence-corrected chi connectivity index (χ3v) is 7.23. The normalized spacial score (nSPS) is 23.4. The fraction of sp³-hybridized carbons (Fsp3) is 0.826. The molecule has 4 fully saturated rings. The molecule has 0 aromatic carbocycles. The summed E-state index contributed by atoms with van der Waals surface area (Å²) in [5, 5.41) is 2.86. The molecule has 0 saturated heterocycles. The van der Waals surface area contributed by atoms with Crippen molar-refractivity contribution in [2.75, 3.05) is 19.8 Å². The van der Waals surface area contributed by atoms with Crippen LogP contribution in [0.25, 0.3) is 0 Å². The van der Waals surface area contributed by atoms with Gasteiger partial charge in [-0.3, -0.25) is 19.2 Å². The van der Waals surface area contributed by atoms with Gasteiger partial charge in [-0.15, -0.1) is 0 Å². The molecule has 0 bridgehead atoms. The summed E-state index contributed by atoms with van der Waals surface area (Å²) in [4.78, 5) is 46.7. The van der Waals surface area contributed by atoms with Gasteiger partial charge in [-0.05, 0) is 72.1 Å². The first-order valence-corrected chi connectivity index (χ1v) is 11.7. The average Bonchev–Trinajstić information content (AvgIpc) is 3.57. The Balaban J connectivity index is 0.000000204. The van der Waals surface area contributed by atoms with E-state index in [2.05, 4.69) is 5.32 Å². The van der Waals surface area contributed by atoms with Gasteiger partial charge in [0.2, 0.25) is 5.91 Å². The minimum Gasteiger partial charge on any atom is -0.466 e. The summed E-state index contributed by atoms with van der Waals surface area (Å²) in [5.41, 5.74) is 4.49. The van der Waals surface area contributed by atoms with Crippen LogP contribution in [0.2, 0.25) is 0 Å². The van der Waals surface area contributed by atoms with Crippen molar-refractivity contribution in [3.63, 3.8) is 0 Å². The van der Waals surface area contributed by atoms with Crippen molar-refractivity contribution in [2.45, 2.75) is 89.6 Å². The number of carbonyl (C=O) groups excluding carboxylic acids is 4. The maximum absolute atomic E-state index is 12.1. The Kier molecular flexibility index (Phi) is 6.88. The van der Waals surface area contributed by atoms with Crippen LogP contribution in [0.4, 0.5) is 0 Å². The average molecular weight is 453 g/mol. The molecule has 0 unspecified atom stereocenters. The number of amides is 1. The van der Waals surface area contributed by atoms with Gasteiger partial charge in [0.25, 0.3) is 0 Å². The molecule has 0 heterocycles. The van der Waals surface area contributed by atoms with E-state index < -0.39 is 16.9 Å². The van der Waals surface area contributed by atoms with E-state index in [0.29, 0.717) is 13.2 Å². The molecule has 4 saturated carbocycles. The van der Waals surface area contributed by atoms with Crippen molar-refractivity contribution in [2.24, 2.45) is 16.6 Å². The SMILES string of the molecule is CCOC(=O)C1(C2(N)CC2)CC1.CCOC(=O)CC(=O)NC1(C2(C(=O)OCC)CC2)CC1. The van der Waals surface area contributed by atoms with Crippen LogP contribution in [0.15, 0.2) is 0 Å². The van der Waals surface area contributed by atoms with Gasteiger partial charge in [0.05, 0.1) is 36.2 Å². The standard InChI is InChI=1S/C14H21NO5.C9H15NO2/c1-3-19-11(17)9-10(16)15-14(7-8-14)13(5-6-13)12(18)20-4-2;1-2-12-7(11)8(3-4-8)9(10)5-6-9/h3-9H2,1-2H3,(H,15,16);2-6,10H2,1H3. The van der Waals surface area contributed by atoms with Crippen LogP contribution in [0.3, 0.4) is 0 Å². The van der Waals surface area contributed by atoms with Crippen LogP contribution in [0, 0.1) is 10.8 Å². The van der Waals surface area contributed by atoms with Crippen molar-refractivity contribution in [3.05, 3.63) is 0 Å². The van der Waals surface area contributed by atoms with E-state index in [1.807, 2.05) is 6.92 Å². The summed E-state index contributed by atoms with van der Waals surface area (Å²) in [6, 6.07) is 0. The van der Waals surface area contributed by atoms with Gasteiger partial charge in [-0.2, -0.15) is 0 Å². The first kappa shape index (κ1) is 24.5. The molecule has 0 aliphatic heterocycles. The molecule has 0 spiro atoms. The van der Waals surface area contributed by atoms with Gasteiger partial charge >= 0.3 is 17.9 Å². The molecule has 4 aliphatic carbocycles. The van der Waals surface area contributed by atoms with E-state index in [0.717, 1.165) is 51.4 Å². The summed E-state index contributed by atoms with van der Waals surface area (Å²) >= 11 is 0. The van der Waals surface area contributed by atoms with Gasteiger partial charge < -0.3 is 25.3 Å². The molecule has 9 nitrogen and oxygen atoms in total. The lowest BCUT2D eigenvalue weighted by Gasteiger charge is -2.26. The maximum atomic E-state index is 12.1. The minimum absolute atomic E-state index is 0.0648. The lowest BCUT2D eigenvalue weighted by Crippen LogP contribution is -2.48. The Labute approximate surface area is 189 Å². The number of carbonyl (C=O) groups is 4. The van der Waals surface area contributed by atoms with Crippen LogP contribution >= 0.6 is 0 Å². The molecule has 9 heteroatoms. The Hall–Kier alpha value is -2.16. The molecule has 180 valence electrons. The molecule has 0 aromatic heterocycles. The topological polar surface area (TPSA) is 134 Å². The van der Waals surface area contributed by atoms with Crippen molar-refractivity contribution < 1.29 is 33.4 Å². The first-order valence-electron chi connectivity index (χ1n) is 11.7. The van der Waals surface area contributed by atoms with Crippen molar-refractivity contribution in [3.8, 4) is 0 Å². The summed E-state index contributed by atoms with van der Waals surface area (Å²) in [7, 11) is 0. The molecule has 4 rings (SSSR count). The molecule has 4 aliphatic rings. The second kappa shape index (κ2) is 9.00. The highest BCUT2D eigenvalue weighted by Gasteiger charge is 2.71. The zero-order valence-corrected chi connectivity index (χ0v) is 19.4. The van der Waals surface area contributed by atoms with Gasteiger partial charge in [0, 0.05) is 5.54 Å². The smallest absolute Gasteiger partial charge is 0.315 e. The first-order chi connectivity index (χ1) is 15.1. The molecular weight excluding hydrogens is 416 g/mol. The number of nitrogens with two attached hydrogens (primary N) is 1. The van der Waals surface area contributed by atoms with Gasteiger partial charge in [0.15, 0.2) is 0 Å². The second-order valence-electron chi connectivity index (χ2n) is 9.37. The molecule has 0 atom stereocenters. The Morgan fingerprint density at radius 2 is 1.19 bits per heavy atom. The number of ether oxygens (including phenoxy) is 3. The predicted molar refractivity (Wildman–Crippen MR) is 114 cm³/mol. The zero-order chi connectivity index (χ0) is 23.6. The van der Waals surface area contributed by atoms with E-state index in [1.54, 1.807) is 13.8 Å². The monoisotopic (exact) mass is 452 g/mol. The van der Waals surface area contributed by atoms with E-state index in [-0.39, 0.29) is 41.8 Å². The largest absolute Gasteiger partial charge is 0.466 e. The van der Waals surface area contributed by atoms with Gasteiger partial charge in [-0.1, -0.05) is 0 Å². The highest BCUT2D eigenvalue weighted by Crippen LogP contribution is 2.65. The Morgan fingerprint density at radius 1 is 0.719 bits per heavy atom. The number of hydrogen-bond acceptors (Lipinski definition) is 8. The van der Waals surface area contributed by atoms with Gasteiger partial charge in [0.1, 0.15) is 6.42 Å². The molecule has 0 radical (unpaired) electrons. The number of nitrogens with one attached hydrogen (secondary N) is 1. The molecular formula is C23H36N2O7. The maximum Gasteiger partial charge on any atom is 0.315 e. The van der Waals surface area contributed by atoms with Crippen LogP contribution in [0.1, 0.15) is 78.6 Å². The third kappa shape index (κ3) is 4.63. The lowest BCUT2D eigenvalue weighted by atomic mass is 9.93. The van der Waals surface area contributed by atoms with Crippen LogP contribution in [0.5, 0.6) is 0 Å². The highest BCUT2D eigenvalue weighted by molar-refractivity contribution is 5.95. The highest BCUT2D eigenvalue weighted by atomic mass is 16.5. The third-order valence-electron chi connectivity index (χ3n) is 7.23. The van der Waals surface area contributed by atoms with Crippen molar-refractivity contribution >= 4 is 23.8 Å². The van der Waals surface area contributed by atoms with E-state index in [9.17, 15) is 19.2 Å². The lowest BCUT2D eigenvalue weighted by molar-refractivity contribution is -0.152. The molecule has 0 aromatic rings. The Bertz CT molecular complexity index is 762. The quantitative estimate of drug-likeness (QED) is 0.291. The summed E-state index contributed by atoms with van der Waals surface area (Å²) in [5.74, 6) is -1.21. The summed E-state index contributed by atoms with van der Waals surface area (Å²) < 4.78 is 14.9. The summed E-state index contributed by atoms with van der Waals surface area (Å²) in [6.07, 6.45) is 6.56. The van der Waals surface area contributed by atoms with Crippen molar-refractivity contribution in [1.82, 2.24) is 5.32 Å². The zero-order valence-electron chi connectivity index (χ0n) is 19.4.